The Morgan fingerprint density at radius 3 is 1.62 bits per heavy atom. The number of carbonyl (C=O) groups excluding carboxylic acids is 2. The molecule has 4 nitrogen and oxygen atoms in total. The summed E-state index contributed by atoms with van der Waals surface area (Å²) < 4.78 is 25.9. The Balaban J connectivity index is 1.69. The average Bonchev–Trinajstić information content (AvgIpc) is 2.76. The van der Waals surface area contributed by atoms with E-state index in [1.165, 1.54) is 30.3 Å². The Labute approximate surface area is 167 Å². The standard InChI is InChI=1S/C24H14O4S/c25-23-19-11-10-18(29(27,28)17-8-2-1-3-9-17)14-22(19)24(26)21-13-16-7-5-4-6-15(16)12-20(21)23/h1-14H. The van der Waals surface area contributed by atoms with Gasteiger partial charge in [-0.1, -0.05) is 42.5 Å². The average molecular weight is 398 g/mol. The molecule has 140 valence electrons. The van der Waals surface area contributed by atoms with Gasteiger partial charge in [0.05, 0.1) is 9.79 Å². The molecule has 0 saturated carbocycles. The van der Waals surface area contributed by atoms with E-state index in [1.54, 1.807) is 30.3 Å². The first-order valence-corrected chi connectivity index (χ1v) is 10.5. The van der Waals surface area contributed by atoms with Crippen molar-refractivity contribution in [3.8, 4) is 0 Å². The molecule has 0 heterocycles. The molecule has 0 N–H and O–H groups in total. The second-order valence-electron chi connectivity index (χ2n) is 6.93. The van der Waals surface area contributed by atoms with Crippen molar-refractivity contribution in [1.29, 1.82) is 0 Å². The fourth-order valence-electron chi connectivity index (χ4n) is 3.72. The molecular weight excluding hydrogens is 384 g/mol. The minimum Gasteiger partial charge on any atom is -0.289 e. The third-order valence-corrected chi connectivity index (χ3v) is 6.99. The Hall–Kier alpha value is -3.57. The summed E-state index contributed by atoms with van der Waals surface area (Å²) in [5, 5.41) is 1.73. The lowest BCUT2D eigenvalue weighted by Crippen LogP contribution is -2.21. The van der Waals surface area contributed by atoms with Crippen molar-refractivity contribution < 1.29 is 18.0 Å². The highest BCUT2D eigenvalue weighted by Gasteiger charge is 2.31. The van der Waals surface area contributed by atoms with Gasteiger partial charge in [0.2, 0.25) is 9.84 Å². The van der Waals surface area contributed by atoms with Gasteiger partial charge < -0.3 is 0 Å². The summed E-state index contributed by atoms with van der Waals surface area (Å²) >= 11 is 0. The molecule has 0 fully saturated rings. The van der Waals surface area contributed by atoms with Crippen LogP contribution in [-0.4, -0.2) is 20.0 Å². The van der Waals surface area contributed by atoms with Gasteiger partial charge in [-0.3, -0.25) is 9.59 Å². The van der Waals surface area contributed by atoms with Crippen LogP contribution in [0.4, 0.5) is 0 Å². The van der Waals surface area contributed by atoms with Gasteiger partial charge in [0, 0.05) is 22.3 Å². The van der Waals surface area contributed by atoms with E-state index >= 15 is 0 Å². The number of ketones is 2. The fourth-order valence-corrected chi connectivity index (χ4v) is 5.03. The highest BCUT2D eigenvalue weighted by Crippen LogP contribution is 2.33. The molecular formula is C24H14O4S. The number of carbonyl (C=O) groups is 2. The third kappa shape index (κ3) is 2.62. The molecule has 0 atom stereocenters. The van der Waals surface area contributed by atoms with Crippen molar-refractivity contribution in [3.05, 3.63) is 107 Å². The lowest BCUT2D eigenvalue weighted by atomic mass is 9.83. The van der Waals surface area contributed by atoms with Crippen molar-refractivity contribution in [1.82, 2.24) is 0 Å². The predicted molar refractivity (Wildman–Crippen MR) is 109 cm³/mol. The highest BCUT2D eigenvalue weighted by molar-refractivity contribution is 7.91. The molecule has 5 heteroatoms. The molecule has 0 bridgehead atoms. The lowest BCUT2D eigenvalue weighted by molar-refractivity contribution is 0.0979. The minimum absolute atomic E-state index is 0.00663. The number of benzene rings is 4. The normalized spacial score (nSPS) is 13.2. The van der Waals surface area contributed by atoms with Crippen LogP contribution in [0.5, 0.6) is 0 Å². The topological polar surface area (TPSA) is 68.3 Å². The van der Waals surface area contributed by atoms with E-state index < -0.39 is 9.84 Å². The van der Waals surface area contributed by atoms with Crippen LogP contribution in [-0.2, 0) is 9.84 Å². The highest BCUT2D eigenvalue weighted by atomic mass is 32.2. The number of rotatable bonds is 2. The first-order valence-electron chi connectivity index (χ1n) is 9.03. The van der Waals surface area contributed by atoms with Gasteiger partial charge in [-0.2, -0.15) is 0 Å². The van der Waals surface area contributed by atoms with Crippen molar-refractivity contribution in [2.24, 2.45) is 0 Å². The van der Waals surface area contributed by atoms with E-state index in [2.05, 4.69) is 0 Å². The molecule has 4 aromatic carbocycles. The van der Waals surface area contributed by atoms with E-state index in [9.17, 15) is 18.0 Å². The molecule has 0 radical (unpaired) electrons. The first-order chi connectivity index (χ1) is 14.0. The molecule has 5 rings (SSSR count). The molecule has 0 aromatic heterocycles. The van der Waals surface area contributed by atoms with E-state index in [-0.39, 0.29) is 32.5 Å². The SMILES string of the molecule is O=C1c2ccc(S(=O)(=O)c3ccccc3)cc2C(=O)c2cc3ccccc3cc21. The van der Waals surface area contributed by atoms with E-state index in [1.807, 2.05) is 24.3 Å². The van der Waals surface area contributed by atoms with E-state index in [4.69, 9.17) is 0 Å². The van der Waals surface area contributed by atoms with Gasteiger partial charge in [-0.25, -0.2) is 8.42 Å². The van der Waals surface area contributed by atoms with Gasteiger partial charge >= 0.3 is 0 Å². The van der Waals surface area contributed by atoms with Crippen LogP contribution in [0.2, 0.25) is 0 Å². The summed E-state index contributed by atoms with van der Waals surface area (Å²) in [6, 6.07) is 23.1. The molecule has 0 spiro atoms. The quantitative estimate of drug-likeness (QED) is 0.441. The zero-order chi connectivity index (χ0) is 20.2. The van der Waals surface area contributed by atoms with Crippen molar-refractivity contribution in [3.63, 3.8) is 0 Å². The molecule has 0 aliphatic heterocycles. The largest absolute Gasteiger partial charge is 0.289 e. The molecule has 29 heavy (non-hydrogen) atoms. The zero-order valence-electron chi connectivity index (χ0n) is 15.1. The Morgan fingerprint density at radius 1 is 0.483 bits per heavy atom. The fraction of sp³-hybridized carbons (Fsp3) is 0. The van der Waals surface area contributed by atoms with Crippen molar-refractivity contribution in [2.75, 3.05) is 0 Å². The van der Waals surface area contributed by atoms with Crippen molar-refractivity contribution in [2.45, 2.75) is 9.79 Å². The second kappa shape index (κ2) is 6.22. The van der Waals surface area contributed by atoms with Crippen LogP contribution in [0.15, 0.2) is 94.7 Å². The van der Waals surface area contributed by atoms with Crippen molar-refractivity contribution >= 4 is 32.2 Å². The van der Waals surface area contributed by atoms with Crippen LogP contribution < -0.4 is 0 Å². The maximum absolute atomic E-state index is 13.2. The van der Waals surface area contributed by atoms with Gasteiger partial charge in [-0.05, 0) is 53.2 Å². The van der Waals surface area contributed by atoms with Gasteiger partial charge in [-0.15, -0.1) is 0 Å². The zero-order valence-corrected chi connectivity index (χ0v) is 15.9. The molecule has 0 saturated heterocycles. The number of hydrogen-bond acceptors (Lipinski definition) is 4. The summed E-state index contributed by atoms with van der Waals surface area (Å²) in [5.74, 6) is -0.616. The predicted octanol–water partition coefficient (Wildman–Crippen LogP) is 4.45. The van der Waals surface area contributed by atoms with Crippen LogP contribution in [0.3, 0.4) is 0 Å². The second-order valence-corrected chi connectivity index (χ2v) is 8.88. The summed E-state index contributed by atoms with van der Waals surface area (Å²) in [6.45, 7) is 0. The van der Waals surface area contributed by atoms with E-state index in [0.717, 1.165) is 10.8 Å². The third-order valence-electron chi connectivity index (χ3n) is 5.22. The van der Waals surface area contributed by atoms with Gasteiger partial charge in [0.1, 0.15) is 0 Å². The maximum Gasteiger partial charge on any atom is 0.206 e. The smallest absolute Gasteiger partial charge is 0.206 e. The molecule has 4 aromatic rings. The number of hydrogen-bond donors (Lipinski definition) is 0. The summed E-state index contributed by atoms with van der Waals surface area (Å²) in [6.07, 6.45) is 0. The Bertz CT molecular complexity index is 1430. The van der Waals surface area contributed by atoms with Gasteiger partial charge in [0.15, 0.2) is 11.6 Å². The number of fused-ring (bicyclic) bond motifs is 3. The summed E-state index contributed by atoms with van der Waals surface area (Å²) in [5.41, 5.74) is 0.995. The van der Waals surface area contributed by atoms with Crippen LogP contribution in [0, 0.1) is 0 Å². The monoisotopic (exact) mass is 398 g/mol. The summed E-state index contributed by atoms with van der Waals surface area (Å²) in [4.78, 5) is 26.3. The Kier molecular flexibility index (Phi) is 3.76. The molecule has 0 amide bonds. The minimum atomic E-state index is -3.79. The maximum atomic E-state index is 13.2. The molecule has 1 aliphatic carbocycles. The van der Waals surface area contributed by atoms with Crippen LogP contribution >= 0.6 is 0 Å². The van der Waals surface area contributed by atoms with Crippen LogP contribution in [0.25, 0.3) is 10.8 Å². The summed E-state index contributed by atoms with van der Waals surface area (Å²) in [7, 11) is -3.79. The van der Waals surface area contributed by atoms with Crippen LogP contribution in [0.1, 0.15) is 31.8 Å². The van der Waals surface area contributed by atoms with Gasteiger partial charge in [0.25, 0.3) is 0 Å². The molecule has 0 unspecified atom stereocenters. The Morgan fingerprint density at radius 2 is 1.00 bits per heavy atom. The molecule has 1 aliphatic rings. The van der Waals surface area contributed by atoms with E-state index in [0.29, 0.717) is 11.1 Å². The lowest BCUT2D eigenvalue weighted by Gasteiger charge is -2.19. The number of sulfone groups is 1. The first kappa shape index (κ1) is 17.5.